The second-order valence-corrected chi connectivity index (χ2v) is 15.4. The summed E-state index contributed by atoms with van der Waals surface area (Å²) in [6.07, 6.45) is 0. The zero-order valence-corrected chi connectivity index (χ0v) is 33.7. The van der Waals surface area contributed by atoms with Gasteiger partial charge in [0.1, 0.15) is 0 Å². The molecule has 11 rings (SSSR count). The molecule has 0 saturated carbocycles. The molecular weight excluding hydrogens is 753 g/mol. The van der Waals surface area contributed by atoms with Gasteiger partial charge in [0.15, 0.2) is 17.5 Å². The van der Waals surface area contributed by atoms with Crippen molar-refractivity contribution >= 4 is 21.7 Å². The van der Waals surface area contributed by atoms with Crippen LogP contribution in [-0.4, -0.2) is 19.9 Å². The number of nitrogens with zero attached hydrogens (tertiary/aromatic N) is 4. The summed E-state index contributed by atoms with van der Waals surface area (Å²) in [6, 6.07) is 80.6. The van der Waals surface area contributed by atoms with Crippen molar-refractivity contribution in [3.8, 4) is 89.9 Å². The summed E-state index contributed by atoms with van der Waals surface area (Å²) in [7, 11) is 0. The molecule has 4 heteroatoms. The van der Waals surface area contributed by atoms with Crippen LogP contribution in [0, 0.1) is 0 Å². The highest BCUT2D eigenvalue weighted by molar-refractivity contribution is 6.17. The molecule has 4 nitrogen and oxygen atoms in total. The summed E-state index contributed by atoms with van der Waals surface area (Å²) in [5, 5.41) is 3.44. The fraction of sp³-hybridized carbons (Fsp3) is 0. The maximum Gasteiger partial charge on any atom is 0.164 e. The minimum Gasteiger partial charge on any atom is -0.248 e. The van der Waals surface area contributed by atoms with E-state index >= 15 is 0 Å². The third-order valence-electron chi connectivity index (χ3n) is 11.6. The van der Waals surface area contributed by atoms with Gasteiger partial charge in [-0.25, -0.2) is 19.9 Å². The van der Waals surface area contributed by atoms with Crippen LogP contribution in [0.2, 0.25) is 0 Å². The summed E-state index contributed by atoms with van der Waals surface area (Å²) in [6.45, 7) is 0. The van der Waals surface area contributed by atoms with Gasteiger partial charge in [0, 0.05) is 27.6 Å². The average Bonchev–Trinajstić information content (AvgIpc) is 3.37. The van der Waals surface area contributed by atoms with Crippen LogP contribution in [0.3, 0.4) is 0 Å². The molecule has 0 fully saturated rings. The molecule has 9 aromatic carbocycles. The smallest absolute Gasteiger partial charge is 0.164 e. The van der Waals surface area contributed by atoms with E-state index in [1.54, 1.807) is 0 Å². The molecule has 0 aliphatic heterocycles. The van der Waals surface area contributed by atoms with Crippen molar-refractivity contribution in [2.45, 2.75) is 0 Å². The van der Waals surface area contributed by atoms with Crippen molar-refractivity contribution < 1.29 is 0 Å². The number of hydrogen-bond acceptors (Lipinski definition) is 4. The number of aromatic nitrogens is 4. The van der Waals surface area contributed by atoms with E-state index in [0.717, 1.165) is 94.1 Å². The zero-order chi connectivity index (χ0) is 41.2. The van der Waals surface area contributed by atoms with Gasteiger partial charge in [0.25, 0.3) is 0 Å². The van der Waals surface area contributed by atoms with E-state index in [1.807, 2.05) is 18.2 Å². The summed E-state index contributed by atoms with van der Waals surface area (Å²) < 4.78 is 0. The van der Waals surface area contributed by atoms with E-state index in [-0.39, 0.29) is 0 Å². The van der Waals surface area contributed by atoms with Crippen molar-refractivity contribution in [1.82, 2.24) is 19.9 Å². The Bertz CT molecular complexity index is 3250. The van der Waals surface area contributed by atoms with Gasteiger partial charge in [-0.3, -0.25) is 0 Å². The van der Waals surface area contributed by atoms with Crippen molar-refractivity contribution in [1.29, 1.82) is 0 Å². The highest BCUT2D eigenvalue weighted by Gasteiger charge is 2.17. The molecular formula is C58H38N4. The summed E-state index contributed by atoms with van der Waals surface area (Å²) in [5.74, 6) is 1.85. The predicted octanol–water partition coefficient (Wildman–Crippen LogP) is 14.9. The number of pyridine rings is 1. The molecule has 0 saturated heterocycles. The third kappa shape index (κ3) is 7.10. The molecule has 0 spiro atoms. The van der Waals surface area contributed by atoms with E-state index in [0.29, 0.717) is 17.5 Å². The highest BCUT2D eigenvalue weighted by atomic mass is 15.0. The molecule has 62 heavy (non-hydrogen) atoms. The van der Waals surface area contributed by atoms with Crippen LogP contribution in [-0.2, 0) is 0 Å². The Labute approximate surface area is 360 Å². The van der Waals surface area contributed by atoms with Crippen LogP contribution in [0.1, 0.15) is 0 Å². The van der Waals surface area contributed by atoms with Crippen molar-refractivity contribution in [2.24, 2.45) is 0 Å². The van der Waals surface area contributed by atoms with Gasteiger partial charge in [0.2, 0.25) is 0 Å². The maximum atomic E-state index is 5.22. The molecule has 0 bridgehead atoms. The minimum absolute atomic E-state index is 0.612. The Morgan fingerprint density at radius 3 is 1.23 bits per heavy atom. The van der Waals surface area contributed by atoms with Gasteiger partial charge in [-0.05, 0) is 73.5 Å². The van der Waals surface area contributed by atoms with Crippen molar-refractivity contribution in [3.63, 3.8) is 0 Å². The van der Waals surface area contributed by atoms with Crippen LogP contribution >= 0.6 is 0 Å². The van der Waals surface area contributed by atoms with Gasteiger partial charge in [0.05, 0.1) is 11.2 Å². The first-order valence-corrected chi connectivity index (χ1v) is 20.9. The monoisotopic (exact) mass is 790 g/mol. The molecule has 2 heterocycles. The van der Waals surface area contributed by atoms with Gasteiger partial charge >= 0.3 is 0 Å². The van der Waals surface area contributed by atoms with Crippen molar-refractivity contribution in [2.75, 3.05) is 0 Å². The molecule has 290 valence electrons. The topological polar surface area (TPSA) is 51.6 Å². The second kappa shape index (κ2) is 16.0. The normalized spacial score (nSPS) is 11.2. The molecule has 0 amide bonds. The van der Waals surface area contributed by atoms with Gasteiger partial charge in [-0.1, -0.05) is 212 Å². The van der Waals surface area contributed by atoms with Crippen molar-refractivity contribution in [3.05, 3.63) is 231 Å². The lowest BCUT2D eigenvalue weighted by molar-refractivity contribution is 1.07. The molecule has 0 atom stereocenters. The van der Waals surface area contributed by atoms with Gasteiger partial charge in [-0.2, -0.15) is 0 Å². The minimum atomic E-state index is 0.612. The first kappa shape index (κ1) is 36.7. The van der Waals surface area contributed by atoms with Crippen LogP contribution in [0.5, 0.6) is 0 Å². The van der Waals surface area contributed by atoms with E-state index in [9.17, 15) is 0 Å². The van der Waals surface area contributed by atoms with Gasteiger partial charge < -0.3 is 0 Å². The largest absolute Gasteiger partial charge is 0.248 e. The van der Waals surface area contributed by atoms with E-state index < -0.39 is 0 Å². The summed E-state index contributed by atoms with van der Waals surface area (Å²) in [4.78, 5) is 20.6. The molecule has 0 aliphatic rings. The first-order valence-electron chi connectivity index (χ1n) is 20.9. The molecule has 0 unspecified atom stereocenters. The van der Waals surface area contributed by atoms with Crippen LogP contribution in [0.15, 0.2) is 231 Å². The second-order valence-electron chi connectivity index (χ2n) is 15.4. The lowest BCUT2D eigenvalue weighted by atomic mass is 9.91. The molecule has 0 N–H and O–H groups in total. The third-order valence-corrected chi connectivity index (χ3v) is 11.6. The van der Waals surface area contributed by atoms with E-state index in [4.69, 9.17) is 19.9 Å². The summed E-state index contributed by atoms with van der Waals surface area (Å²) in [5.41, 5.74) is 14.9. The Balaban J connectivity index is 1.03. The SMILES string of the molecule is c1ccc(-c2ccc(-c3nc(-c4ccc(-c5ccccc5)cc4)nc(-c4cccc(-c5cccc6c5ccc5nc(-c7ccccc7)cc(-c7ccccc7)c56)c4)n3)cc2)cc1. The maximum absolute atomic E-state index is 5.22. The molecule has 2 aromatic heterocycles. The molecule has 11 aromatic rings. The van der Waals surface area contributed by atoms with E-state index in [2.05, 4.69) is 212 Å². The Morgan fingerprint density at radius 2 is 0.661 bits per heavy atom. The standard InChI is InChI=1S/C58H38N4/c1-5-15-39(16-6-1)41-27-31-45(32-28-41)56-60-57(46-33-29-42(30-34-46)40-17-7-2-8-18-40)62-58(61-56)48-24-13-23-47(37-48)49-25-14-26-51-50(49)35-36-53-55(51)52(43-19-9-3-10-20-43)38-54(59-53)44-21-11-4-12-22-44/h1-38H. The summed E-state index contributed by atoms with van der Waals surface area (Å²) >= 11 is 0. The number of hydrogen-bond donors (Lipinski definition) is 0. The molecule has 0 radical (unpaired) electrons. The Morgan fingerprint density at radius 1 is 0.226 bits per heavy atom. The number of rotatable bonds is 8. The predicted molar refractivity (Wildman–Crippen MR) is 256 cm³/mol. The van der Waals surface area contributed by atoms with Gasteiger partial charge in [-0.15, -0.1) is 0 Å². The zero-order valence-electron chi connectivity index (χ0n) is 33.7. The van der Waals surface area contributed by atoms with Crippen LogP contribution in [0.25, 0.3) is 112 Å². The average molecular weight is 791 g/mol. The Kier molecular flexibility index (Phi) is 9.49. The molecule has 0 aliphatic carbocycles. The lowest BCUT2D eigenvalue weighted by Crippen LogP contribution is -2.00. The lowest BCUT2D eigenvalue weighted by Gasteiger charge is -2.15. The van der Waals surface area contributed by atoms with Crippen LogP contribution in [0.4, 0.5) is 0 Å². The fourth-order valence-electron chi connectivity index (χ4n) is 8.42. The highest BCUT2D eigenvalue weighted by Crippen LogP contribution is 2.40. The Hall–Kier alpha value is -8.34. The number of fused-ring (bicyclic) bond motifs is 3. The fourth-order valence-corrected chi connectivity index (χ4v) is 8.42. The first-order chi connectivity index (χ1) is 30.7. The quantitative estimate of drug-likeness (QED) is 0.144. The number of benzene rings is 9. The van der Waals surface area contributed by atoms with Crippen LogP contribution < -0.4 is 0 Å². The van der Waals surface area contributed by atoms with E-state index in [1.165, 1.54) is 0 Å².